The lowest BCUT2D eigenvalue weighted by Gasteiger charge is -2.29. The largest absolute Gasteiger partial charge is 0.477 e. The molecule has 1 aromatic carbocycles. The van der Waals surface area contributed by atoms with Crippen molar-refractivity contribution in [2.45, 2.75) is 37.8 Å². The number of nitrogens with zero attached hydrogens (tertiary/aromatic N) is 2. The molecule has 8 heteroatoms. The molecule has 0 radical (unpaired) electrons. The number of fused-ring (bicyclic) bond motifs is 1. The van der Waals surface area contributed by atoms with Gasteiger partial charge in [-0.25, -0.2) is 9.97 Å². The van der Waals surface area contributed by atoms with Gasteiger partial charge in [0.2, 0.25) is 12.7 Å². The summed E-state index contributed by atoms with van der Waals surface area (Å²) < 4.78 is 21.7. The summed E-state index contributed by atoms with van der Waals surface area (Å²) in [7, 11) is 1.54. The Morgan fingerprint density at radius 2 is 1.86 bits per heavy atom. The Morgan fingerprint density at radius 3 is 2.66 bits per heavy atom. The maximum absolute atomic E-state index is 12.3. The quantitative estimate of drug-likeness (QED) is 0.750. The molecule has 4 rings (SSSR count). The van der Waals surface area contributed by atoms with Crippen LogP contribution in [0.25, 0.3) is 6.08 Å². The van der Waals surface area contributed by atoms with Crippen LogP contribution in [-0.4, -0.2) is 41.9 Å². The first-order chi connectivity index (χ1) is 14.2. The Morgan fingerprint density at radius 1 is 1.10 bits per heavy atom. The SMILES string of the molecule is COc1nccnc1OC1CCC(NC(=O)/C=C/c2ccc3c(c2)OCO3)CC1. The van der Waals surface area contributed by atoms with E-state index in [1.807, 2.05) is 18.2 Å². The highest BCUT2D eigenvalue weighted by Crippen LogP contribution is 2.32. The molecule has 1 amide bonds. The highest BCUT2D eigenvalue weighted by Gasteiger charge is 2.24. The fourth-order valence-corrected chi connectivity index (χ4v) is 3.45. The molecule has 1 N–H and O–H groups in total. The molecule has 1 aliphatic heterocycles. The summed E-state index contributed by atoms with van der Waals surface area (Å²) in [6.45, 7) is 0.235. The van der Waals surface area contributed by atoms with Crippen LogP contribution in [0.4, 0.5) is 0 Å². The molecule has 0 bridgehead atoms. The van der Waals surface area contributed by atoms with Crippen LogP contribution in [0.3, 0.4) is 0 Å². The fourth-order valence-electron chi connectivity index (χ4n) is 3.45. The molecular formula is C21H23N3O5. The minimum absolute atomic E-state index is 0.0397. The standard InChI is InChI=1S/C21H23N3O5/c1-26-20-21(23-11-10-22-20)29-16-6-4-15(5-7-16)24-19(25)9-3-14-2-8-17-18(12-14)28-13-27-17/h2-3,8-12,15-16H,4-7,13H2,1H3,(H,24,25)/b9-3+. The zero-order valence-electron chi connectivity index (χ0n) is 16.2. The van der Waals surface area contributed by atoms with Crippen LogP contribution in [0.2, 0.25) is 0 Å². The van der Waals surface area contributed by atoms with Gasteiger partial charge in [-0.2, -0.15) is 0 Å². The van der Waals surface area contributed by atoms with Gasteiger partial charge >= 0.3 is 0 Å². The number of carbonyl (C=O) groups is 1. The molecule has 1 aromatic heterocycles. The Balaban J connectivity index is 1.24. The Hall–Kier alpha value is -3.29. The lowest BCUT2D eigenvalue weighted by molar-refractivity contribution is -0.117. The first kappa shape index (κ1) is 19.0. The number of amides is 1. The molecule has 29 heavy (non-hydrogen) atoms. The second kappa shape index (κ2) is 8.81. The lowest BCUT2D eigenvalue weighted by atomic mass is 9.93. The monoisotopic (exact) mass is 397 g/mol. The van der Waals surface area contributed by atoms with Crippen LogP contribution in [0.1, 0.15) is 31.2 Å². The molecule has 1 aliphatic carbocycles. The highest BCUT2D eigenvalue weighted by molar-refractivity contribution is 5.92. The van der Waals surface area contributed by atoms with Crippen molar-refractivity contribution in [3.8, 4) is 23.3 Å². The topological polar surface area (TPSA) is 91.8 Å². The van der Waals surface area contributed by atoms with Crippen molar-refractivity contribution in [2.75, 3.05) is 13.9 Å². The Kier molecular flexibility index (Phi) is 5.79. The van der Waals surface area contributed by atoms with Gasteiger partial charge in [0.25, 0.3) is 11.8 Å². The molecule has 8 nitrogen and oxygen atoms in total. The third-order valence-electron chi connectivity index (χ3n) is 4.95. The number of hydrogen-bond acceptors (Lipinski definition) is 7. The summed E-state index contributed by atoms with van der Waals surface area (Å²) >= 11 is 0. The minimum atomic E-state index is -0.109. The summed E-state index contributed by atoms with van der Waals surface area (Å²) in [5, 5.41) is 3.06. The van der Waals surface area contributed by atoms with E-state index in [-0.39, 0.29) is 24.8 Å². The number of rotatable bonds is 6. The molecular weight excluding hydrogens is 374 g/mol. The molecule has 0 saturated heterocycles. The van der Waals surface area contributed by atoms with Gasteiger partial charge in [0.15, 0.2) is 11.5 Å². The summed E-state index contributed by atoms with van der Waals surface area (Å²) in [6, 6.07) is 5.72. The molecule has 152 valence electrons. The second-order valence-corrected chi connectivity index (χ2v) is 6.92. The van der Waals surface area contributed by atoms with Gasteiger partial charge in [-0.15, -0.1) is 0 Å². The van der Waals surface area contributed by atoms with E-state index in [0.717, 1.165) is 37.0 Å². The number of aromatic nitrogens is 2. The van der Waals surface area contributed by atoms with Crippen LogP contribution < -0.4 is 24.3 Å². The van der Waals surface area contributed by atoms with Gasteiger partial charge in [0.05, 0.1) is 7.11 Å². The predicted octanol–water partition coefficient (Wildman–Crippen LogP) is 2.73. The Bertz CT molecular complexity index is 894. The number of carbonyl (C=O) groups excluding carboxylic acids is 1. The number of benzene rings is 1. The third kappa shape index (κ3) is 4.77. The van der Waals surface area contributed by atoms with Crippen molar-refractivity contribution >= 4 is 12.0 Å². The summed E-state index contributed by atoms with van der Waals surface area (Å²) in [4.78, 5) is 20.5. The van der Waals surface area contributed by atoms with E-state index in [9.17, 15) is 4.79 Å². The molecule has 2 aliphatic rings. The maximum Gasteiger partial charge on any atom is 0.278 e. The van der Waals surface area contributed by atoms with Crippen molar-refractivity contribution < 1.29 is 23.7 Å². The van der Waals surface area contributed by atoms with Crippen LogP contribution in [-0.2, 0) is 4.79 Å². The van der Waals surface area contributed by atoms with E-state index in [4.69, 9.17) is 18.9 Å². The number of ether oxygens (including phenoxy) is 4. The molecule has 2 aromatic rings. The molecule has 1 fully saturated rings. The van der Waals surface area contributed by atoms with E-state index >= 15 is 0 Å². The molecule has 1 saturated carbocycles. The first-order valence-electron chi connectivity index (χ1n) is 9.61. The fraction of sp³-hybridized carbons (Fsp3) is 0.381. The first-order valence-corrected chi connectivity index (χ1v) is 9.61. The lowest BCUT2D eigenvalue weighted by Crippen LogP contribution is -2.39. The van der Waals surface area contributed by atoms with Crippen molar-refractivity contribution in [1.29, 1.82) is 0 Å². The van der Waals surface area contributed by atoms with Gasteiger partial charge < -0.3 is 24.3 Å². The third-order valence-corrected chi connectivity index (χ3v) is 4.95. The molecule has 0 unspecified atom stereocenters. The predicted molar refractivity (Wildman–Crippen MR) is 105 cm³/mol. The average molecular weight is 397 g/mol. The van der Waals surface area contributed by atoms with Crippen molar-refractivity contribution in [1.82, 2.24) is 15.3 Å². The van der Waals surface area contributed by atoms with Crippen LogP contribution in [0, 0.1) is 0 Å². The average Bonchev–Trinajstić information content (AvgIpc) is 3.22. The summed E-state index contributed by atoms with van der Waals surface area (Å²) in [5.74, 6) is 2.11. The molecule has 2 heterocycles. The van der Waals surface area contributed by atoms with Crippen molar-refractivity contribution in [3.05, 3.63) is 42.2 Å². The van der Waals surface area contributed by atoms with Gasteiger partial charge in [0, 0.05) is 24.5 Å². The van der Waals surface area contributed by atoms with Gasteiger partial charge in [-0.05, 0) is 49.5 Å². The molecule has 0 atom stereocenters. The van der Waals surface area contributed by atoms with Crippen LogP contribution in [0.15, 0.2) is 36.7 Å². The van der Waals surface area contributed by atoms with Crippen molar-refractivity contribution in [2.24, 2.45) is 0 Å². The van der Waals surface area contributed by atoms with E-state index in [0.29, 0.717) is 17.5 Å². The van der Waals surface area contributed by atoms with Crippen LogP contribution >= 0.6 is 0 Å². The van der Waals surface area contributed by atoms with E-state index in [2.05, 4.69) is 15.3 Å². The molecule has 0 spiro atoms. The summed E-state index contributed by atoms with van der Waals surface area (Å²) in [5.41, 5.74) is 0.888. The zero-order chi connectivity index (χ0) is 20.1. The Labute approximate surface area is 168 Å². The highest BCUT2D eigenvalue weighted by atomic mass is 16.7. The second-order valence-electron chi connectivity index (χ2n) is 6.92. The van der Waals surface area contributed by atoms with E-state index in [1.165, 1.54) is 0 Å². The van der Waals surface area contributed by atoms with Gasteiger partial charge in [-0.3, -0.25) is 4.79 Å². The number of methoxy groups -OCH3 is 1. The van der Waals surface area contributed by atoms with Gasteiger partial charge in [-0.1, -0.05) is 6.07 Å². The summed E-state index contributed by atoms with van der Waals surface area (Å²) in [6.07, 6.45) is 9.85. The zero-order valence-corrected chi connectivity index (χ0v) is 16.2. The maximum atomic E-state index is 12.3. The van der Waals surface area contributed by atoms with Gasteiger partial charge in [0.1, 0.15) is 6.10 Å². The minimum Gasteiger partial charge on any atom is -0.477 e. The van der Waals surface area contributed by atoms with Crippen molar-refractivity contribution in [3.63, 3.8) is 0 Å². The number of nitrogens with one attached hydrogen (secondary N) is 1. The van der Waals surface area contributed by atoms with Crippen LogP contribution in [0.5, 0.6) is 23.3 Å². The smallest absolute Gasteiger partial charge is 0.278 e. The number of hydrogen-bond donors (Lipinski definition) is 1. The van der Waals surface area contributed by atoms with E-state index < -0.39 is 0 Å². The normalized spacial score (nSPS) is 20.4. The van der Waals surface area contributed by atoms with E-state index in [1.54, 1.807) is 31.7 Å².